The fraction of sp³-hybridized carbons (Fsp3) is 0.600. The number of nitrogens with one attached hydrogen (secondary N) is 1. The highest BCUT2D eigenvalue weighted by atomic mass is 32.2. The van der Waals surface area contributed by atoms with E-state index in [9.17, 15) is 8.60 Å². The first-order chi connectivity index (χ1) is 7.70. The molecule has 2 unspecified atom stereocenters. The smallest absolute Gasteiger partial charge is 0.186 e. The molecular weight excluding hydrogens is 229 g/mol. The molecule has 1 N–H and O–H groups in total. The Kier molecular flexibility index (Phi) is 3.48. The third kappa shape index (κ3) is 2.37. The standard InChI is InChI=1S/C10H14FN3OS/c1-2-8-9(11)10(13-6-12-8)14-7-3-4-16(15)5-7/h6-7H,2-5H2,1H3,(H,12,13,14). The SMILES string of the molecule is CCc1ncnc(NC2CCS(=O)C2)c1F. The van der Waals surface area contributed by atoms with Crippen molar-refractivity contribution in [1.82, 2.24) is 9.97 Å². The first-order valence-electron chi connectivity index (χ1n) is 5.31. The molecule has 2 heterocycles. The minimum Gasteiger partial charge on any atom is -0.364 e. The molecular formula is C10H14FN3OS. The van der Waals surface area contributed by atoms with Crippen LogP contribution in [0.15, 0.2) is 6.33 Å². The number of aromatic nitrogens is 2. The lowest BCUT2D eigenvalue weighted by Crippen LogP contribution is -2.21. The van der Waals surface area contributed by atoms with Crippen molar-refractivity contribution in [3.05, 3.63) is 17.8 Å². The second-order valence-corrected chi connectivity index (χ2v) is 5.40. The van der Waals surface area contributed by atoms with E-state index in [0.29, 0.717) is 23.6 Å². The van der Waals surface area contributed by atoms with E-state index >= 15 is 0 Å². The lowest BCUT2D eigenvalue weighted by Gasteiger charge is -2.12. The van der Waals surface area contributed by atoms with Gasteiger partial charge in [-0.25, -0.2) is 14.4 Å². The molecule has 0 aliphatic carbocycles. The molecule has 4 nitrogen and oxygen atoms in total. The summed E-state index contributed by atoms with van der Waals surface area (Å²) in [5.41, 5.74) is 0.414. The average Bonchev–Trinajstić information content (AvgIpc) is 2.67. The van der Waals surface area contributed by atoms with E-state index in [1.165, 1.54) is 6.33 Å². The van der Waals surface area contributed by atoms with Gasteiger partial charge in [0.1, 0.15) is 6.33 Å². The van der Waals surface area contributed by atoms with Crippen LogP contribution in [-0.2, 0) is 17.2 Å². The van der Waals surface area contributed by atoms with Gasteiger partial charge < -0.3 is 5.32 Å². The molecule has 2 rings (SSSR count). The van der Waals surface area contributed by atoms with Crippen molar-refractivity contribution in [3.8, 4) is 0 Å². The highest BCUT2D eigenvalue weighted by Crippen LogP contribution is 2.17. The van der Waals surface area contributed by atoms with E-state index in [0.717, 1.165) is 6.42 Å². The molecule has 0 aromatic carbocycles. The van der Waals surface area contributed by atoms with Gasteiger partial charge in [-0.2, -0.15) is 0 Å². The van der Waals surface area contributed by atoms with E-state index < -0.39 is 10.8 Å². The Balaban J connectivity index is 2.12. The summed E-state index contributed by atoms with van der Waals surface area (Å²) in [5, 5.41) is 3.00. The molecule has 0 saturated carbocycles. The maximum absolute atomic E-state index is 13.8. The van der Waals surface area contributed by atoms with Crippen LogP contribution in [0.4, 0.5) is 10.2 Å². The van der Waals surface area contributed by atoms with Gasteiger partial charge in [0.05, 0.1) is 5.69 Å². The second kappa shape index (κ2) is 4.86. The topological polar surface area (TPSA) is 54.9 Å². The largest absolute Gasteiger partial charge is 0.364 e. The molecule has 1 aliphatic rings. The van der Waals surface area contributed by atoms with E-state index in [-0.39, 0.29) is 17.7 Å². The summed E-state index contributed by atoms with van der Waals surface area (Å²) in [6.07, 6.45) is 2.70. The van der Waals surface area contributed by atoms with Gasteiger partial charge in [-0.05, 0) is 12.8 Å². The van der Waals surface area contributed by atoms with E-state index in [1.807, 2.05) is 6.92 Å². The Morgan fingerprint density at radius 3 is 3.06 bits per heavy atom. The van der Waals surface area contributed by atoms with Crippen LogP contribution in [0.25, 0.3) is 0 Å². The Bertz CT molecular complexity index is 413. The summed E-state index contributed by atoms with van der Waals surface area (Å²) in [7, 11) is -0.769. The fourth-order valence-corrected chi connectivity index (χ4v) is 3.14. The molecule has 0 spiro atoms. The summed E-state index contributed by atoms with van der Waals surface area (Å²) in [5.74, 6) is 1.11. The molecule has 1 saturated heterocycles. The minimum absolute atomic E-state index is 0.0648. The van der Waals surface area contributed by atoms with Crippen molar-refractivity contribution in [3.63, 3.8) is 0 Å². The Morgan fingerprint density at radius 2 is 2.44 bits per heavy atom. The van der Waals surface area contributed by atoms with Gasteiger partial charge >= 0.3 is 0 Å². The van der Waals surface area contributed by atoms with Gasteiger partial charge in [0, 0.05) is 28.3 Å². The van der Waals surface area contributed by atoms with Crippen LogP contribution in [0.2, 0.25) is 0 Å². The summed E-state index contributed by atoms with van der Waals surface area (Å²) in [4.78, 5) is 7.74. The monoisotopic (exact) mass is 243 g/mol. The Morgan fingerprint density at radius 1 is 1.62 bits per heavy atom. The molecule has 0 bridgehead atoms. The highest BCUT2D eigenvalue weighted by molar-refractivity contribution is 7.85. The zero-order chi connectivity index (χ0) is 11.5. The average molecular weight is 243 g/mol. The van der Waals surface area contributed by atoms with Crippen molar-refractivity contribution in [1.29, 1.82) is 0 Å². The van der Waals surface area contributed by atoms with Crippen molar-refractivity contribution in [2.75, 3.05) is 16.8 Å². The van der Waals surface area contributed by atoms with Gasteiger partial charge in [-0.3, -0.25) is 4.21 Å². The quantitative estimate of drug-likeness (QED) is 0.864. The number of hydrogen-bond donors (Lipinski definition) is 1. The van der Waals surface area contributed by atoms with Crippen molar-refractivity contribution in [2.24, 2.45) is 0 Å². The number of anilines is 1. The summed E-state index contributed by atoms with van der Waals surface area (Å²) in [6, 6.07) is 0.0648. The molecule has 88 valence electrons. The summed E-state index contributed by atoms with van der Waals surface area (Å²) >= 11 is 0. The molecule has 0 amide bonds. The minimum atomic E-state index is -0.769. The fourth-order valence-electron chi connectivity index (χ4n) is 1.73. The molecule has 1 fully saturated rings. The van der Waals surface area contributed by atoms with Gasteiger partial charge in [0.15, 0.2) is 11.6 Å². The van der Waals surface area contributed by atoms with Gasteiger partial charge in [0.2, 0.25) is 0 Å². The zero-order valence-electron chi connectivity index (χ0n) is 9.07. The van der Waals surface area contributed by atoms with Gasteiger partial charge in [-0.15, -0.1) is 0 Å². The molecule has 1 aliphatic heterocycles. The predicted octanol–water partition coefficient (Wildman–Crippen LogP) is 1.11. The number of aryl methyl sites for hydroxylation is 1. The lowest BCUT2D eigenvalue weighted by atomic mass is 10.2. The van der Waals surface area contributed by atoms with E-state index in [2.05, 4.69) is 15.3 Å². The zero-order valence-corrected chi connectivity index (χ0v) is 9.89. The van der Waals surface area contributed by atoms with Gasteiger partial charge in [-0.1, -0.05) is 6.92 Å². The third-order valence-corrected chi connectivity index (χ3v) is 4.08. The normalized spacial score (nSPS) is 24.6. The second-order valence-electron chi connectivity index (χ2n) is 3.78. The maximum atomic E-state index is 13.8. The van der Waals surface area contributed by atoms with Crippen molar-refractivity contribution >= 4 is 16.6 Å². The molecule has 1 aromatic heterocycles. The molecule has 1 aromatic rings. The number of rotatable bonds is 3. The van der Waals surface area contributed by atoms with Crippen LogP contribution in [0.5, 0.6) is 0 Å². The summed E-state index contributed by atoms with van der Waals surface area (Å²) < 4.78 is 25.0. The van der Waals surface area contributed by atoms with Crippen LogP contribution < -0.4 is 5.32 Å². The first kappa shape index (κ1) is 11.4. The van der Waals surface area contributed by atoms with Crippen LogP contribution >= 0.6 is 0 Å². The number of hydrogen-bond acceptors (Lipinski definition) is 4. The van der Waals surface area contributed by atoms with E-state index in [1.54, 1.807) is 0 Å². The van der Waals surface area contributed by atoms with Crippen LogP contribution in [0.1, 0.15) is 19.0 Å². The van der Waals surface area contributed by atoms with Crippen molar-refractivity contribution < 1.29 is 8.60 Å². The summed E-state index contributed by atoms with van der Waals surface area (Å²) in [6.45, 7) is 1.85. The van der Waals surface area contributed by atoms with E-state index in [4.69, 9.17) is 0 Å². The molecule has 6 heteroatoms. The third-order valence-electron chi connectivity index (χ3n) is 2.62. The molecule has 0 radical (unpaired) electrons. The van der Waals surface area contributed by atoms with Crippen LogP contribution in [-0.4, -0.2) is 31.7 Å². The Hall–Kier alpha value is -1.04. The molecule has 2 atom stereocenters. The predicted molar refractivity (Wildman–Crippen MR) is 61.3 cm³/mol. The first-order valence-corrected chi connectivity index (χ1v) is 6.80. The maximum Gasteiger partial charge on any atom is 0.186 e. The number of nitrogens with zero attached hydrogens (tertiary/aromatic N) is 2. The van der Waals surface area contributed by atoms with Crippen LogP contribution in [0.3, 0.4) is 0 Å². The lowest BCUT2D eigenvalue weighted by molar-refractivity contribution is 0.593. The van der Waals surface area contributed by atoms with Crippen molar-refractivity contribution in [2.45, 2.75) is 25.8 Å². The number of halogens is 1. The molecule has 16 heavy (non-hydrogen) atoms. The highest BCUT2D eigenvalue weighted by Gasteiger charge is 2.22. The van der Waals surface area contributed by atoms with Gasteiger partial charge in [0.25, 0.3) is 0 Å². The Labute approximate surface area is 96.1 Å². The van der Waals surface area contributed by atoms with Crippen LogP contribution in [0, 0.1) is 5.82 Å².